The van der Waals surface area contributed by atoms with E-state index in [9.17, 15) is 22.0 Å². The van der Waals surface area contributed by atoms with Crippen LogP contribution < -0.4 is 10.1 Å². The second-order valence-corrected chi connectivity index (χ2v) is 5.64. The normalized spacial score (nSPS) is 11.7. The molecule has 0 radical (unpaired) electrons. The molecule has 0 aliphatic carbocycles. The van der Waals surface area contributed by atoms with Crippen LogP contribution in [-0.4, -0.2) is 28.1 Å². The van der Waals surface area contributed by atoms with Crippen LogP contribution in [0, 0.1) is 0 Å². The van der Waals surface area contributed by atoms with E-state index in [0.29, 0.717) is 18.7 Å². The number of ether oxygens (including phenoxy) is 1. The van der Waals surface area contributed by atoms with Gasteiger partial charge in [-0.25, -0.2) is 23.7 Å². The molecule has 2 heterocycles. The average Bonchev–Trinajstić information content (AvgIpc) is 2.56. The van der Waals surface area contributed by atoms with E-state index in [2.05, 4.69) is 20.3 Å². The lowest BCUT2D eigenvalue weighted by Gasteiger charge is -2.11. The number of rotatable bonds is 7. The van der Waals surface area contributed by atoms with Crippen molar-refractivity contribution in [2.45, 2.75) is 19.0 Å². The lowest BCUT2D eigenvalue weighted by atomic mass is 10.3. The number of halogens is 7. The first-order valence-electron chi connectivity index (χ1n) is 7.08. The summed E-state index contributed by atoms with van der Waals surface area (Å²) in [5.74, 6) is -0.0950. The molecule has 2 aromatic rings. The summed E-state index contributed by atoms with van der Waals surface area (Å²) < 4.78 is 68.1. The standard InChI is InChI=1S/C14H11Cl2F5N4O/c15-8-4-7(14(19,20)21)5-23-13(8)26-3-1-2-22-12-9(16)10(11(17)18)24-6-25-12/h4-6,11H,1-3H2,(H,22,24,25). The number of pyridine rings is 1. The Bertz CT molecular complexity index is 761. The van der Waals surface area contributed by atoms with Gasteiger partial charge in [-0.1, -0.05) is 23.2 Å². The van der Waals surface area contributed by atoms with Crippen LogP contribution in [0.1, 0.15) is 24.1 Å². The summed E-state index contributed by atoms with van der Waals surface area (Å²) in [5, 5.41) is 2.19. The SMILES string of the molecule is FC(F)c1ncnc(NCCCOc2ncc(C(F)(F)F)cc2Cl)c1Cl. The highest BCUT2D eigenvalue weighted by Crippen LogP contribution is 2.33. The zero-order valence-corrected chi connectivity index (χ0v) is 14.3. The van der Waals surface area contributed by atoms with Crippen molar-refractivity contribution in [1.29, 1.82) is 0 Å². The molecule has 0 fully saturated rings. The van der Waals surface area contributed by atoms with Gasteiger partial charge in [0.25, 0.3) is 6.43 Å². The Hall–Kier alpha value is -1.94. The summed E-state index contributed by atoms with van der Waals surface area (Å²) in [4.78, 5) is 10.7. The summed E-state index contributed by atoms with van der Waals surface area (Å²) in [6.07, 6.45) is -5.46. The smallest absolute Gasteiger partial charge is 0.417 e. The van der Waals surface area contributed by atoms with Crippen LogP contribution in [0.5, 0.6) is 5.88 Å². The Morgan fingerprint density at radius 1 is 1.15 bits per heavy atom. The van der Waals surface area contributed by atoms with Crippen LogP contribution >= 0.6 is 23.2 Å². The van der Waals surface area contributed by atoms with E-state index in [4.69, 9.17) is 27.9 Å². The molecule has 2 rings (SSSR count). The van der Waals surface area contributed by atoms with Crippen molar-refractivity contribution in [1.82, 2.24) is 15.0 Å². The fourth-order valence-corrected chi connectivity index (χ4v) is 2.26. The van der Waals surface area contributed by atoms with Crippen LogP contribution in [0.15, 0.2) is 18.6 Å². The van der Waals surface area contributed by atoms with E-state index >= 15 is 0 Å². The van der Waals surface area contributed by atoms with Crippen LogP contribution in [0.2, 0.25) is 10.0 Å². The maximum absolute atomic E-state index is 12.7. The van der Waals surface area contributed by atoms with Crippen LogP contribution in [-0.2, 0) is 6.18 Å². The minimum Gasteiger partial charge on any atom is -0.477 e. The maximum atomic E-state index is 12.7. The monoisotopic (exact) mass is 416 g/mol. The molecule has 0 bridgehead atoms. The van der Waals surface area contributed by atoms with Crippen LogP contribution in [0.4, 0.5) is 27.8 Å². The zero-order chi connectivity index (χ0) is 19.3. The fraction of sp³-hybridized carbons (Fsp3) is 0.357. The van der Waals surface area contributed by atoms with Gasteiger partial charge in [-0.15, -0.1) is 0 Å². The van der Waals surface area contributed by atoms with Crippen molar-refractivity contribution in [2.24, 2.45) is 0 Å². The zero-order valence-electron chi connectivity index (χ0n) is 12.8. The van der Waals surface area contributed by atoms with E-state index in [1.807, 2.05) is 0 Å². The number of aromatic nitrogens is 3. The number of nitrogens with zero attached hydrogens (tertiary/aromatic N) is 3. The molecule has 0 amide bonds. The van der Waals surface area contributed by atoms with Crippen molar-refractivity contribution in [3.05, 3.63) is 39.9 Å². The summed E-state index contributed by atoms with van der Waals surface area (Å²) in [6.45, 7) is 0.313. The van der Waals surface area contributed by atoms with Gasteiger partial charge in [0.2, 0.25) is 5.88 Å². The highest BCUT2D eigenvalue weighted by Gasteiger charge is 2.31. The van der Waals surface area contributed by atoms with Crippen molar-refractivity contribution < 1.29 is 26.7 Å². The third-order valence-corrected chi connectivity index (χ3v) is 3.65. The van der Waals surface area contributed by atoms with Crippen molar-refractivity contribution in [3.63, 3.8) is 0 Å². The summed E-state index contributed by atoms with van der Waals surface area (Å²) in [5.41, 5.74) is -1.56. The molecule has 12 heteroatoms. The summed E-state index contributed by atoms with van der Waals surface area (Å²) in [7, 11) is 0. The summed E-state index contributed by atoms with van der Waals surface area (Å²) in [6, 6.07) is 0.717. The largest absolute Gasteiger partial charge is 0.477 e. The van der Waals surface area contributed by atoms with Gasteiger partial charge >= 0.3 is 6.18 Å². The molecule has 5 nitrogen and oxygen atoms in total. The highest BCUT2D eigenvalue weighted by molar-refractivity contribution is 6.33. The van der Waals surface area contributed by atoms with Gasteiger partial charge in [-0.05, 0) is 12.5 Å². The van der Waals surface area contributed by atoms with E-state index < -0.39 is 23.9 Å². The molecule has 0 saturated heterocycles. The first kappa shape index (κ1) is 20.4. The molecule has 0 aliphatic rings. The number of nitrogens with one attached hydrogen (secondary N) is 1. The first-order chi connectivity index (χ1) is 12.2. The molecule has 142 valence electrons. The van der Waals surface area contributed by atoms with Crippen LogP contribution in [0.25, 0.3) is 0 Å². The molecule has 2 aromatic heterocycles. The van der Waals surface area contributed by atoms with Crippen molar-refractivity contribution >= 4 is 29.0 Å². The molecular formula is C14H11Cl2F5N4O. The Kier molecular flexibility index (Phi) is 6.76. The maximum Gasteiger partial charge on any atom is 0.417 e. The topological polar surface area (TPSA) is 59.9 Å². The Morgan fingerprint density at radius 3 is 2.50 bits per heavy atom. The van der Waals surface area contributed by atoms with Gasteiger partial charge < -0.3 is 10.1 Å². The lowest BCUT2D eigenvalue weighted by molar-refractivity contribution is -0.137. The second-order valence-electron chi connectivity index (χ2n) is 4.86. The Morgan fingerprint density at radius 2 is 1.88 bits per heavy atom. The van der Waals surface area contributed by atoms with Crippen molar-refractivity contribution in [3.8, 4) is 5.88 Å². The molecule has 0 aliphatic heterocycles. The van der Waals surface area contributed by atoms with Crippen LogP contribution in [0.3, 0.4) is 0 Å². The third kappa shape index (κ3) is 5.28. The summed E-state index contributed by atoms with van der Waals surface area (Å²) >= 11 is 11.5. The molecule has 26 heavy (non-hydrogen) atoms. The highest BCUT2D eigenvalue weighted by atomic mass is 35.5. The number of alkyl halides is 5. The van der Waals surface area contributed by atoms with Gasteiger partial charge in [0.05, 0.1) is 12.2 Å². The Labute approximate surface area is 154 Å². The minimum atomic E-state index is -4.55. The van der Waals surface area contributed by atoms with E-state index in [-0.39, 0.29) is 34.9 Å². The predicted molar refractivity (Wildman–Crippen MR) is 84.8 cm³/mol. The second kappa shape index (κ2) is 8.63. The first-order valence-corrected chi connectivity index (χ1v) is 7.83. The molecule has 0 atom stereocenters. The molecule has 0 aromatic carbocycles. The third-order valence-electron chi connectivity index (χ3n) is 3.01. The molecule has 0 unspecified atom stereocenters. The quantitative estimate of drug-likeness (QED) is 0.507. The minimum absolute atomic E-state index is 0.0441. The predicted octanol–water partition coefficient (Wildman–Crippen LogP) is 5.02. The van der Waals surface area contributed by atoms with Gasteiger partial charge in [0.15, 0.2) is 0 Å². The lowest BCUT2D eigenvalue weighted by Crippen LogP contribution is -2.11. The fourth-order valence-electron chi connectivity index (χ4n) is 1.79. The van der Waals surface area contributed by atoms with E-state index in [0.717, 1.165) is 6.33 Å². The van der Waals surface area contributed by atoms with Gasteiger partial charge in [-0.3, -0.25) is 0 Å². The van der Waals surface area contributed by atoms with Crippen molar-refractivity contribution in [2.75, 3.05) is 18.5 Å². The number of anilines is 1. The molecule has 1 N–H and O–H groups in total. The van der Waals surface area contributed by atoms with Gasteiger partial charge in [-0.2, -0.15) is 13.2 Å². The number of hydrogen-bond acceptors (Lipinski definition) is 5. The van der Waals surface area contributed by atoms with E-state index in [1.54, 1.807) is 0 Å². The molecule has 0 spiro atoms. The van der Waals surface area contributed by atoms with Gasteiger partial charge in [0.1, 0.15) is 27.9 Å². The molecule has 0 saturated carbocycles. The Balaban J connectivity index is 1.84. The van der Waals surface area contributed by atoms with E-state index in [1.165, 1.54) is 0 Å². The average molecular weight is 417 g/mol. The number of hydrogen-bond donors (Lipinski definition) is 1. The van der Waals surface area contributed by atoms with Gasteiger partial charge in [0, 0.05) is 12.7 Å². The molecular weight excluding hydrogens is 406 g/mol.